The zero-order valence-corrected chi connectivity index (χ0v) is 12.8. The molecule has 2 rings (SSSR count). The van der Waals surface area contributed by atoms with Crippen molar-refractivity contribution >= 4 is 29.2 Å². The summed E-state index contributed by atoms with van der Waals surface area (Å²) in [6.45, 7) is 5.70. The standard InChI is InChI=1S/C15H19NO3S/c1-9(2)11-8-12(10(3)7-13(11)17)16-19-15(18)14-5-4-6-20-14/h7-9,14H,4-6H2,1-3H3. The summed E-state index contributed by atoms with van der Waals surface area (Å²) >= 11 is 1.62. The molecule has 0 saturated carbocycles. The van der Waals surface area contributed by atoms with Crippen LogP contribution in [0.4, 0.5) is 0 Å². The van der Waals surface area contributed by atoms with Gasteiger partial charge in [0.2, 0.25) is 0 Å². The van der Waals surface area contributed by atoms with Crippen molar-refractivity contribution in [3.63, 3.8) is 0 Å². The second kappa shape index (κ2) is 6.39. The maximum atomic E-state index is 11.8. The first kappa shape index (κ1) is 15.0. The molecular formula is C15H19NO3S. The van der Waals surface area contributed by atoms with E-state index in [0.29, 0.717) is 11.3 Å². The lowest BCUT2D eigenvalue weighted by atomic mass is 9.90. The Morgan fingerprint density at radius 3 is 2.80 bits per heavy atom. The van der Waals surface area contributed by atoms with E-state index in [1.807, 2.05) is 13.8 Å². The fourth-order valence-electron chi connectivity index (χ4n) is 2.15. The van der Waals surface area contributed by atoms with Crippen LogP contribution in [0.5, 0.6) is 0 Å². The second-order valence-electron chi connectivity index (χ2n) is 5.33. The third kappa shape index (κ3) is 3.39. The Morgan fingerprint density at radius 1 is 1.45 bits per heavy atom. The Hall–Kier alpha value is -1.36. The lowest BCUT2D eigenvalue weighted by molar-refractivity contribution is -0.142. The highest BCUT2D eigenvalue weighted by atomic mass is 32.2. The Balaban J connectivity index is 2.09. The van der Waals surface area contributed by atoms with Gasteiger partial charge in [0.25, 0.3) is 0 Å². The quantitative estimate of drug-likeness (QED) is 0.456. The summed E-state index contributed by atoms with van der Waals surface area (Å²) in [5, 5.41) is 3.84. The van der Waals surface area contributed by atoms with Gasteiger partial charge in [-0.3, -0.25) is 4.79 Å². The third-order valence-electron chi connectivity index (χ3n) is 3.38. The van der Waals surface area contributed by atoms with Crippen LogP contribution in [0.25, 0.3) is 0 Å². The fraction of sp³-hybridized carbons (Fsp3) is 0.533. The number of thioether (sulfide) groups is 1. The minimum absolute atomic E-state index is 0.00845. The smallest absolute Gasteiger partial charge is 0.316 e. The number of hydrogen-bond donors (Lipinski definition) is 0. The van der Waals surface area contributed by atoms with E-state index in [1.165, 1.54) is 0 Å². The van der Waals surface area contributed by atoms with E-state index in [4.69, 9.17) is 4.84 Å². The summed E-state index contributed by atoms with van der Waals surface area (Å²) in [5.41, 5.74) is 1.98. The third-order valence-corrected chi connectivity index (χ3v) is 4.73. The molecule has 1 unspecified atom stereocenters. The van der Waals surface area contributed by atoms with Crippen molar-refractivity contribution in [3.8, 4) is 0 Å². The Kier molecular flexibility index (Phi) is 4.81. The molecular weight excluding hydrogens is 274 g/mol. The summed E-state index contributed by atoms with van der Waals surface area (Å²) in [5.74, 6) is 0.845. The first-order valence-electron chi connectivity index (χ1n) is 6.84. The molecule has 1 saturated heterocycles. The first-order valence-corrected chi connectivity index (χ1v) is 7.89. The van der Waals surface area contributed by atoms with Gasteiger partial charge in [-0.15, -0.1) is 11.8 Å². The van der Waals surface area contributed by atoms with Crippen molar-refractivity contribution in [3.05, 3.63) is 23.3 Å². The van der Waals surface area contributed by atoms with Crippen LogP contribution in [-0.4, -0.2) is 28.5 Å². The molecule has 1 aliphatic carbocycles. The Labute approximate surface area is 123 Å². The summed E-state index contributed by atoms with van der Waals surface area (Å²) in [6, 6.07) is 0. The van der Waals surface area contributed by atoms with Crippen LogP contribution >= 0.6 is 11.8 Å². The maximum Gasteiger partial charge on any atom is 0.347 e. The van der Waals surface area contributed by atoms with Crippen LogP contribution in [0.15, 0.2) is 28.5 Å². The molecule has 0 aromatic carbocycles. The van der Waals surface area contributed by atoms with E-state index in [-0.39, 0.29) is 22.9 Å². The minimum atomic E-state index is -0.288. The van der Waals surface area contributed by atoms with Gasteiger partial charge in [0.15, 0.2) is 5.78 Å². The van der Waals surface area contributed by atoms with E-state index in [2.05, 4.69) is 5.16 Å². The van der Waals surface area contributed by atoms with Crippen molar-refractivity contribution in [2.24, 2.45) is 11.1 Å². The SMILES string of the molecule is CC1=CC(=O)C(C(C)C)=CC1=NOC(=O)C1CCCS1. The van der Waals surface area contributed by atoms with Crippen LogP contribution in [-0.2, 0) is 14.4 Å². The van der Waals surface area contributed by atoms with E-state index in [0.717, 1.165) is 24.2 Å². The van der Waals surface area contributed by atoms with Crippen LogP contribution in [0.3, 0.4) is 0 Å². The molecule has 0 spiro atoms. The van der Waals surface area contributed by atoms with Gasteiger partial charge in [0.1, 0.15) is 11.0 Å². The molecule has 5 heteroatoms. The molecule has 1 atom stereocenters. The zero-order chi connectivity index (χ0) is 14.7. The van der Waals surface area contributed by atoms with Crippen LogP contribution < -0.4 is 0 Å². The lowest BCUT2D eigenvalue weighted by Crippen LogP contribution is -2.18. The van der Waals surface area contributed by atoms with Crippen molar-refractivity contribution < 1.29 is 14.4 Å². The van der Waals surface area contributed by atoms with E-state index in [9.17, 15) is 9.59 Å². The number of oxime groups is 1. The summed E-state index contributed by atoms with van der Waals surface area (Å²) in [4.78, 5) is 28.7. The van der Waals surface area contributed by atoms with Crippen molar-refractivity contribution in [1.29, 1.82) is 0 Å². The Bertz CT molecular complexity index is 511. The highest BCUT2D eigenvalue weighted by Gasteiger charge is 2.26. The summed E-state index contributed by atoms with van der Waals surface area (Å²) in [7, 11) is 0. The molecule has 1 fully saturated rings. The normalized spacial score (nSPS) is 24.9. The molecule has 1 heterocycles. The molecule has 1 aliphatic heterocycles. The molecule has 108 valence electrons. The highest BCUT2D eigenvalue weighted by molar-refractivity contribution is 8.00. The zero-order valence-electron chi connectivity index (χ0n) is 12.0. The van der Waals surface area contributed by atoms with Gasteiger partial charge < -0.3 is 4.84 Å². The molecule has 0 N–H and O–H groups in total. The van der Waals surface area contributed by atoms with Crippen LogP contribution in [0.2, 0.25) is 0 Å². The van der Waals surface area contributed by atoms with Crippen molar-refractivity contribution in [2.75, 3.05) is 5.75 Å². The number of allylic oxidation sites excluding steroid dienone is 4. The largest absolute Gasteiger partial charge is 0.347 e. The first-order chi connectivity index (χ1) is 9.49. The fourth-order valence-corrected chi connectivity index (χ4v) is 3.28. The van der Waals surface area contributed by atoms with Gasteiger partial charge in [0.05, 0.1) is 0 Å². The summed E-state index contributed by atoms with van der Waals surface area (Å²) < 4.78 is 0. The van der Waals surface area contributed by atoms with Gasteiger partial charge in [-0.25, -0.2) is 4.79 Å². The number of carbonyl (C=O) groups is 2. The predicted octanol–water partition coefficient (Wildman–Crippen LogP) is 2.89. The molecule has 0 radical (unpaired) electrons. The summed E-state index contributed by atoms with van der Waals surface area (Å²) in [6.07, 6.45) is 5.17. The van der Waals surface area contributed by atoms with Crippen molar-refractivity contribution in [2.45, 2.75) is 38.9 Å². The molecule has 0 bridgehead atoms. The lowest BCUT2D eigenvalue weighted by Gasteiger charge is -2.14. The van der Waals surface area contributed by atoms with E-state index in [1.54, 1.807) is 30.8 Å². The topological polar surface area (TPSA) is 55.7 Å². The molecule has 20 heavy (non-hydrogen) atoms. The van der Waals surface area contributed by atoms with Gasteiger partial charge >= 0.3 is 5.97 Å². The number of hydrogen-bond acceptors (Lipinski definition) is 5. The number of carbonyl (C=O) groups excluding carboxylic acids is 2. The Morgan fingerprint density at radius 2 is 2.20 bits per heavy atom. The predicted molar refractivity (Wildman–Crippen MR) is 80.7 cm³/mol. The average Bonchev–Trinajstić information content (AvgIpc) is 2.90. The molecule has 2 aliphatic rings. The van der Waals surface area contributed by atoms with Crippen LogP contribution in [0.1, 0.15) is 33.6 Å². The van der Waals surface area contributed by atoms with Gasteiger partial charge in [-0.2, -0.15) is 0 Å². The molecule has 0 aromatic heterocycles. The van der Waals surface area contributed by atoms with E-state index < -0.39 is 0 Å². The van der Waals surface area contributed by atoms with Gasteiger partial charge in [-0.05, 0) is 49.2 Å². The number of ketones is 1. The average molecular weight is 293 g/mol. The van der Waals surface area contributed by atoms with Gasteiger partial charge in [0, 0.05) is 5.57 Å². The molecule has 4 nitrogen and oxygen atoms in total. The monoisotopic (exact) mass is 293 g/mol. The van der Waals surface area contributed by atoms with Gasteiger partial charge in [-0.1, -0.05) is 19.0 Å². The number of nitrogens with zero attached hydrogens (tertiary/aromatic N) is 1. The number of rotatable bonds is 3. The van der Waals surface area contributed by atoms with E-state index >= 15 is 0 Å². The highest BCUT2D eigenvalue weighted by Crippen LogP contribution is 2.27. The van der Waals surface area contributed by atoms with Crippen molar-refractivity contribution in [1.82, 2.24) is 0 Å². The maximum absolute atomic E-state index is 11.8. The molecule has 0 amide bonds. The molecule has 0 aromatic rings. The minimum Gasteiger partial charge on any atom is -0.316 e. The van der Waals surface area contributed by atoms with Crippen LogP contribution in [0, 0.1) is 5.92 Å². The second-order valence-corrected chi connectivity index (χ2v) is 6.65.